The van der Waals surface area contributed by atoms with Crippen molar-refractivity contribution in [2.75, 3.05) is 13.2 Å². The lowest BCUT2D eigenvalue weighted by molar-refractivity contribution is -0.120. The van der Waals surface area contributed by atoms with Gasteiger partial charge in [-0.15, -0.1) is 0 Å². The molecule has 144 valence electrons. The number of ether oxygens (including phenoxy) is 1. The minimum Gasteiger partial charge on any atom is -0.487 e. The van der Waals surface area contributed by atoms with Gasteiger partial charge in [0.15, 0.2) is 0 Å². The highest BCUT2D eigenvalue weighted by atomic mass is 16.5. The summed E-state index contributed by atoms with van der Waals surface area (Å²) in [5, 5.41) is 11.5. The molecule has 1 aliphatic rings. The molecule has 0 radical (unpaired) electrons. The first-order valence-electron chi connectivity index (χ1n) is 9.66. The molecule has 1 heterocycles. The van der Waals surface area contributed by atoms with Gasteiger partial charge >= 0.3 is 0 Å². The van der Waals surface area contributed by atoms with Crippen molar-refractivity contribution in [3.63, 3.8) is 0 Å². The summed E-state index contributed by atoms with van der Waals surface area (Å²) in [6.07, 6.45) is 2.01. The normalized spacial score (nSPS) is 18.3. The van der Waals surface area contributed by atoms with Gasteiger partial charge in [0.1, 0.15) is 11.4 Å². The topological polar surface area (TPSA) is 58.6 Å². The number of benzene rings is 2. The number of carbonyl (C=O) groups is 1. The lowest BCUT2D eigenvalue weighted by Crippen LogP contribution is -2.32. The zero-order valence-corrected chi connectivity index (χ0v) is 16.4. The SMILES string of the molecule is CC(C)c1ccc(CC2(C)Cc3cc(CC(=O)NCCO)ccc3O2)cc1. The van der Waals surface area contributed by atoms with Gasteiger partial charge in [-0.25, -0.2) is 0 Å². The molecular weight excluding hydrogens is 338 g/mol. The second-order valence-corrected chi connectivity index (χ2v) is 7.99. The molecule has 0 fully saturated rings. The Bertz CT molecular complexity index is 798. The van der Waals surface area contributed by atoms with Crippen LogP contribution in [0.5, 0.6) is 5.75 Å². The molecule has 2 N–H and O–H groups in total. The predicted molar refractivity (Wildman–Crippen MR) is 107 cm³/mol. The second kappa shape index (κ2) is 8.13. The van der Waals surface area contributed by atoms with Crippen LogP contribution in [-0.4, -0.2) is 29.8 Å². The van der Waals surface area contributed by atoms with E-state index in [0.29, 0.717) is 18.9 Å². The van der Waals surface area contributed by atoms with Crippen LogP contribution in [-0.2, 0) is 24.1 Å². The monoisotopic (exact) mass is 367 g/mol. The van der Waals surface area contributed by atoms with Gasteiger partial charge in [-0.05, 0) is 41.2 Å². The number of nitrogens with one attached hydrogen (secondary N) is 1. The number of amides is 1. The van der Waals surface area contributed by atoms with Crippen LogP contribution in [0.1, 0.15) is 48.9 Å². The highest BCUT2D eigenvalue weighted by Gasteiger charge is 2.35. The van der Waals surface area contributed by atoms with E-state index in [1.807, 2.05) is 12.1 Å². The zero-order valence-electron chi connectivity index (χ0n) is 16.4. The zero-order chi connectivity index (χ0) is 19.4. The van der Waals surface area contributed by atoms with Gasteiger partial charge < -0.3 is 15.2 Å². The summed E-state index contributed by atoms with van der Waals surface area (Å²) in [5.41, 5.74) is 4.49. The lowest BCUT2D eigenvalue weighted by atomic mass is 9.90. The maximum Gasteiger partial charge on any atom is 0.224 e. The Morgan fingerprint density at radius 1 is 1.19 bits per heavy atom. The fourth-order valence-corrected chi connectivity index (χ4v) is 3.68. The molecule has 3 rings (SSSR count). The van der Waals surface area contributed by atoms with Crippen LogP contribution in [0.2, 0.25) is 0 Å². The summed E-state index contributed by atoms with van der Waals surface area (Å²) in [6.45, 7) is 6.81. The van der Waals surface area contributed by atoms with Gasteiger partial charge in [-0.3, -0.25) is 4.79 Å². The molecule has 1 unspecified atom stereocenters. The van der Waals surface area contributed by atoms with Gasteiger partial charge in [0, 0.05) is 19.4 Å². The van der Waals surface area contributed by atoms with Gasteiger partial charge in [-0.1, -0.05) is 50.2 Å². The highest BCUT2D eigenvalue weighted by Crippen LogP contribution is 2.37. The highest BCUT2D eigenvalue weighted by molar-refractivity contribution is 5.78. The van der Waals surface area contributed by atoms with E-state index in [2.05, 4.69) is 56.4 Å². The van der Waals surface area contributed by atoms with Crippen molar-refractivity contribution in [2.24, 2.45) is 0 Å². The third-order valence-electron chi connectivity index (χ3n) is 5.07. The quantitative estimate of drug-likeness (QED) is 0.789. The van der Waals surface area contributed by atoms with E-state index in [1.54, 1.807) is 0 Å². The van der Waals surface area contributed by atoms with E-state index >= 15 is 0 Å². The Hall–Kier alpha value is -2.33. The summed E-state index contributed by atoms with van der Waals surface area (Å²) >= 11 is 0. The average molecular weight is 367 g/mol. The van der Waals surface area contributed by atoms with Crippen molar-refractivity contribution < 1.29 is 14.6 Å². The van der Waals surface area contributed by atoms with Crippen LogP contribution in [0, 0.1) is 0 Å². The molecule has 1 atom stereocenters. The van der Waals surface area contributed by atoms with Crippen LogP contribution in [0.25, 0.3) is 0 Å². The van der Waals surface area contributed by atoms with Crippen molar-refractivity contribution in [3.8, 4) is 5.75 Å². The van der Waals surface area contributed by atoms with Crippen LogP contribution in [0.3, 0.4) is 0 Å². The first-order valence-corrected chi connectivity index (χ1v) is 9.66. The summed E-state index contributed by atoms with van der Waals surface area (Å²) in [4.78, 5) is 11.9. The number of aliphatic hydroxyl groups is 1. The van der Waals surface area contributed by atoms with Gasteiger partial charge in [0.25, 0.3) is 0 Å². The van der Waals surface area contributed by atoms with Crippen LogP contribution >= 0.6 is 0 Å². The van der Waals surface area contributed by atoms with Crippen LogP contribution in [0.4, 0.5) is 0 Å². The summed E-state index contributed by atoms with van der Waals surface area (Å²) in [5.74, 6) is 1.38. The predicted octanol–water partition coefficient (Wildman–Crippen LogP) is 3.40. The molecule has 0 saturated heterocycles. The maximum absolute atomic E-state index is 11.9. The number of hydrogen-bond donors (Lipinski definition) is 2. The Balaban J connectivity index is 1.66. The molecule has 0 aromatic heterocycles. The third kappa shape index (κ3) is 4.89. The third-order valence-corrected chi connectivity index (χ3v) is 5.07. The van der Waals surface area contributed by atoms with Crippen molar-refractivity contribution in [3.05, 3.63) is 64.7 Å². The standard InChI is InChI=1S/C23H29NO3/c1-16(2)19-7-4-17(5-8-19)14-23(3)15-20-12-18(6-9-21(20)27-23)13-22(26)24-10-11-25/h4-9,12,16,25H,10-11,13-15H2,1-3H3,(H,24,26). The fourth-order valence-electron chi connectivity index (χ4n) is 3.68. The first kappa shape index (κ1) is 19.4. The van der Waals surface area contributed by atoms with E-state index in [0.717, 1.165) is 29.7 Å². The number of rotatable bonds is 7. The molecule has 0 bridgehead atoms. The van der Waals surface area contributed by atoms with E-state index in [4.69, 9.17) is 9.84 Å². The number of aliphatic hydroxyl groups excluding tert-OH is 1. The van der Waals surface area contributed by atoms with E-state index < -0.39 is 0 Å². The average Bonchev–Trinajstić information content (AvgIpc) is 2.95. The molecular formula is C23H29NO3. The fraction of sp³-hybridized carbons (Fsp3) is 0.435. The summed E-state index contributed by atoms with van der Waals surface area (Å²) in [6, 6.07) is 14.8. The molecule has 0 spiro atoms. The molecule has 1 amide bonds. The summed E-state index contributed by atoms with van der Waals surface area (Å²) < 4.78 is 6.27. The van der Waals surface area contributed by atoms with E-state index in [1.165, 1.54) is 11.1 Å². The molecule has 27 heavy (non-hydrogen) atoms. The Kier molecular flexibility index (Phi) is 5.85. The summed E-state index contributed by atoms with van der Waals surface area (Å²) in [7, 11) is 0. The maximum atomic E-state index is 11.9. The molecule has 4 heteroatoms. The Morgan fingerprint density at radius 3 is 2.56 bits per heavy atom. The molecule has 2 aromatic rings. The number of carbonyl (C=O) groups excluding carboxylic acids is 1. The van der Waals surface area contributed by atoms with Crippen molar-refractivity contribution in [1.29, 1.82) is 0 Å². The minimum atomic E-state index is -0.264. The van der Waals surface area contributed by atoms with Gasteiger partial charge in [-0.2, -0.15) is 0 Å². The number of fused-ring (bicyclic) bond motifs is 1. The van der Waals surface area contributed by atoms with Crippen molar-refractivity contribution in [2.45, 2.75) is 51.6 Å². The number of hydrogen-bond acceptors (Lipinski definition) is 3. The smallest absolute Gasteiger partial charge is 0.224 e. The second-order valence-electron chi connectivity index (χ2n) is 7.99. The minimum absolute atomic E-state index is 0.0414. The van der Waals surface area contributed by atoms with Crippen molar-refractivity contribution in [1.82, 2.24) is 5.32 Å². The van der Waals surface area contributed by atoms with Gasteiger partial charge in [0.2, 0.25) is 5.91 Å². The Morgan fingerprint density at radius 2 is 1.89 bits per heavy atom. The largest absolute Gasteiger partial charge is 0.487 e. The Labute approximate surface area is 161 Å². The molecule has 1 aliphatic heterocycles. The molecule has 2 aromatic carbocycles. The van der Waals surface area contributed by atoms with Crippen molar-refractivity contribution >= 4 is 5.91 Å². The molecule has 4 nitrogen and oxygen atoms in total. The van der Waals surface area contributed by atoms with E-state index in [9.17, 15) is 4.79 Å². The first-order chi connectivity index (χ1) is 12.9. The van der Waals surface area contributed by atoms with Gasteiger partial charge in [0.05, 0.1) is 13.0 Å². The van der Waals surface area contributed by atoms with Crippen LogP contribution in [0.15, 0.2) is 42.5 Å². The van der Waals surface area contributed by atoms with E-state index in [-0.39, 0.29) is 18.1 Å². The molecule has 0 saturated carbocycles. The van der Waals surface area contributed by atoms with Crippen LogP contribution < -0.4 is 10.1 Å². The molecule has 0 aliphatic carbocycles. The lowest BCUT2D eigenvalue weighted by Gasteiger charge is -2.24.